The zero-order valence-corrected chi connectivity index (χ0v) is 12.1. The molecule has 1 amide bonds. The van der Waals surface area contributed by atoms with E-state index in [0.717, 1.165) is 31.6 Å². The lowest BCUT2D eigenvalue weighted by atomic mass is 10.2. The molecule has 0 spiro atoms. The van der Waals surface area contributed by atoms with Gasteiger partial charge in [0.25, 0.3) is 5.91 Å². The molecule has 110 valence electrons. The van der Waals surface area contributed by atoms with Crippen molar-refractivity contribution in [1.82, 2.24) is 25.2 Å². The fraction of sp³-hybridized carbons (Fsp3) is 0.400. The average Bonchev–Trinajstić information content (AvgIpc) is 3.17. The highest BCUT2D eigenvalue weighted by Crippen LogP contribution is 2.19. The number of benzene rings is 1. The Labute approximate surface area is 123 Å². The third-order valence-electron chi connectivity index (χ3n) is 3.78. The fourth-order valence-corrected chi connectivity index (χ4v) is 2.74. The van der Waals surface area contributed by atoms with Crippen molar-refractivity contribution in [2.75, 3.05) is 20.1 Å². The van der Waals surface area contributed by atoms with Gasteiger partial charge in [-0.2, -0.15) is 9.90 Å². The number of nitrogens with one attached hydrogen (secondary N) is 1. The number of amides is 1. The van der Waals surface area contributed by atoms with Gasteiger partial charge in [-0.05, 0) is 32.0 Å². The van der Waals surface area contributed by atoms with Crippen molar-refractivity contribution in [3.05, 3.63) is 42.2 Å². The quantitative estimate of drug-likeness (QED) is 0.913. The number of carbonyl (C=O) groups is 1. The molecule has 1 aromatic carbocycles. The van der Waals surface area contributed by atoms with E-state index in [1.807, 2.05) is 42.3 Å². The Hall–Kier alpha value is -2.21. The van der Waals surface area contributed by atoms with Gasteiger partial charge in [-0.15, -0.1) is 5.10 Å². The highest BCUT2D eigenvalue weighted by atomic mass is 16.2. The Morgan fingerprint density at radius 3 is 2.95 bits per heavy atom. The van der Waals surface area contributed by atoms with Crippen molar-refractivity contribution >= 4 is 5.91 Å². The predicted octanol–water partition coefficient (Wildman–Crippen LogP) is 1.09. The van der Waals surface area contributed by atoms with E-state index >= 15 is 0 Å². The summed E-state index contributed by atoms with van der Waals surface area (Å²) in [5, 5.41) is 11.6. The highest BCUT2D eigenvalue weighted by Gasteiger charge is 2.30. The van der Waals surface area contributed by atoms with E-state index in [0.29, 0.717) is 5.69 Å². The van der Waals surface area contributed by atoms with Crippen LogP contribution in [0.4, 0.5) is 0 Å². The van der Waals surface area contributed by atoms with Gasteiger partial charge in [0.15, 0.2) is 5.69 Å². The van der Waals surface area contributed by atoms with Crippen LogP contribution in [0.2, 0.25) is 0 Å². The molecule has 6 heteroatoms. The monoisotopic (exact) mass is 285 g/mol. The Kier molecular flexibility index (Phi) is 3.96. The first kappa shape index (κ1) is 13.8. The van der Waals surface area contributed by atoms with Gasteiger partial charge in [-0.1, -0.05) is 18.2 Å². The molecule has 1 aliphatic rings. The molecular formula is C15H19N5O. The van der Waals surface area contributed by atoms with Gasteiger partial charge in [-0.25, -0.2) is 0 Å². The molecule has 0 radical (unpaired) electrons. The fourth-order valence-electron chi connectivity index (χ4n) is 2.74. The minimum absolute atomic E-state index is 0.0325. The Bertz CT molecular complexity index is 610. The molecule has 0 bridgehead atoms. The zero-order chi connectivity index (χ0) is 14.7. The molecule has 0 saturated carbocycles. The van der Waals surface area contributed by atoms with Crippen LogP contribution in [0, 0.1) is 0 Å². The van der Waals surface area contributed by atoms with Crippen LogP contribution in [-0.4, -0.2) is 52.0 Å². The van der Waals surface area contributed by atoms with E-state index in [2.05, 4.69) is 15.5 Å². The first-order chi connectivity index (χ1) is 10.3. The molecule has 21 heavy (non-hydrogen) atoms. The van der Waals surface area contributed by atoms with Crippen molar-refractivity contribution in [1.29, 1.82) is 0 Å². The summed E-state index contributed by atoms with van der Waals surface area (Å²) in [6, 6.07) is 9.85. The molecule has 1 saturated heterocycles. The molecule has 1 N–H and O–H groups in total. The topological polar surface area (TPSA) is 63.1 Å². The number of carbonyl (C=O) groups excluding carboxylic acids is 1. The van der Waals surface area contributed by atoms with Gasteiger partial charge in [0.1, 0.15) is 0 Å². The van der Waals surface area contributed by atoms with Crippen molar-refractivity contribution in [3.63, 3.8) is 0 Å². The number of likely N-dealkylation sites (N-methyl/N-ethyl adjacent to an activating group) is 1. The number of aromatic nitrogens is 3. The first-order valence-electron chi connectivity index (χ1n) is 7.23. The lowest BCUT2D eigenvalue weighted by molar-refractivity contribution is 0.0730. The van der Waals surface area contributed by atoms with Gasteiger partial charge in [0.05, 0.1) is 11.9 Å². The van der Waals surface area contributed by atoms with E-state index < -0.39 is 0 Å². The summed E-state index contributed by atoms with van der Waals surface area (Å²) in [6.45, 7) is 1.61. The second-order valence-electron chi connectivity index (χ2n) is 5.21. The summed E-state index contributed by atoms with van der Waals surface area (Å²) in [7, 11) is 1.91. The summed E-state index contributed by atoms with van der Waals surface area (Å²) in [6.07, 6.45) is 3.63. The second kappa shape index (κ2) is 6.05. The number of hydrogen-bond donors (Lipinski definition) is 1. The van der Waals surface area contributed by atoms with E-state index in [4.69, 9.17) is 0 Å². The molecule has 1 aliphatic heterocycles. The molecular weight excluding hydrogens is 266 g/mol. The second-order valence-corrected chi connectivity index (χ2v) is 5.21. The molecule has 6 nitrogen and oxygen atoms in total. The maximum absolute atomic E-state index is 12.6. The largest absolute Gasteiger partial charge is 0.333 e. The summed E-state index contributed by atoms with van der Waals surface area (Å²) in [4.78, 5) is 16.0. The summed E-state index contributed by atoms with van der Waals surface area (Å²) < 4.78 is 0. The Morgan fingerprint density at radius 2 is 2.19 bits per heavy atom. The molecule has 0 aliphatic carbocycles. The van der Waals surface area contributed by atoms with Crippen molar-refractivity contribution in [2.45, 2.75) is 18.9 Å². The minimum atomic E-state index is -0.0325. The number of rotatable bonds is 4. The highest BCUT2D eigenvalue weighted by molar-refractivity contribution is 5.92. The van der Waals surface area contributed by atoms with Crippen molar-refractivity contribution in [3.8, 4) is 5.69 Å². The first-order valence-corrected chi connectivity index (χ1v) is 7.23. The van der Waals surface area contributed by atoms with Crippen molar-refractivity contribution in [2.24, 2.45) is 0 Å². The lowest BCUT2D eigenvalue weighted by Crippen LogP contribution is -2.41. The van der Waals surface area contributed by atoms with E-state index in [1.165, 1.54) is 4.80 Å². The molecule has 2 heterocycles. The van der Waals surface area contributed by atoms with Gasteiger partial charge < -0.3 is 10.2 Å². The van der Waals surface area contributed by atoms with Crippen LogP contribution in [0.1, 0.15) is 23.3 Å². The minimum Gasteiger partial charge on any atom is -0.333 e. The maximum atomic E-state index is 12.6. The molecule has 1 fully saturated rings. The third kappa shape index (κ3) is 2.80. The van der Waals surface area contributed by atoms with Crippen molar-refractivity contribution < 1.29 is 4.79 Å². The van der Waals surface area contributed by atoms with Crippen LogP contribution in [0.5, 0.6) is 0 Å². The predicted molar refractivity (Wildman–Crippen MR) is 79.3 cm³/mol. The number of nitrogens with zero attached hydrogens (tertiary/aromatic N) is 4. The van der Waals surface area contributed by atoms with Gasteiger partial charge in [0.2, 0.25) is 0 Å². The van der Waals surface area contributed by atoms with Crippen LogP contribution in [-0.2, 0) is 0 Å². The molecule has 2 aromatic rings. The summed E-state index contributed by atoms with van der Waals surface area (Å²) in [5.74, 6) is -0.0325. The molecule has 1 aromatic heterocycles. The smallest absolute Gasteiger partial charge is 0.276 e. The molecule has 3 rings (SSSR count). The summed E-state index contributed by atoms with van der Waals surface area (Å²) in [5.41, 5.74) is 1.26. The van der Waals surface area contributed by atoms with Crippen LogP contribution < -0.4 is 5.32 Å². The average molecular weight is 285 g/mol. The lowest BCUT2D eigenvalue weighted by Gasteiger charge is -2.23. The van der Waals surface area contributed by atoms with E-state index in [-0.39, 0.29) is 11.9 Å². The number of hydrogen-bond acceptors (Lipinski definition) is 4. The van der Waals surface area contributed by atoms with Gasteiger partial charge in [-0.3, -0.25) is 4.79 Å². The molecule has 1 unspecified atom stereocenters. The standard InChI is InChI=1S/C15H19N5O/c1-16-10-13-8-5-9-19(13)15(21)14-11-17-20(18-14)12-6-3-2-4-7-12/h2-4,6-7,11,13,16H,5,8-10H2,1H3. The summed E-state index contributed by atoms with van der Waals surface area (Å²) >= 11 is 0. The third-order valence-corrected chi connectivity index (χ3v) is 3.78. The van der Waals surface area contributed by atoms with Gasteiger partial charge in [0, 0.05) is 19.1 Å². The molecule has 1 atom stereocenters. The zero-order valence-electron chi connectivity index (χ0n) is 12.1. The maximum Gasteiger partial charge on any atom is 0.276 e. The van der Waals surface area contributed by atoms with Crippen LogP contribution in [0.3, 0.4) is 0 Å². The van der Waals surface area contributed by atoms with Crippen LogP contribution in [0.15, 0.2) is 36.5 Å². The normalized spacial score (nSPS) is 18.1. The van der Waals surface area contributed by atoms with E-state index in [9.17, 15) is 4.79 Å². The Balaban J connectivity index is 1.78. The SMILES string of the molecule is CNCC1CCCN1C(=O)c1cnn(-c2ccccc2)n1. The number of para-hydroxylation sites is 1. The van der Waals surface area contributed by atoms with Crippen LogP contribution >= 0.6 is 0 Å². The van der Waals surface area contributed by atoms with Gasteiger partial charge >= 0.3 is 0 Å². The van der Waals surface area contributed by atoms with Crippen LogP contribution in [0.25, 0.3) is 5.69 Å². The number of likely N-dealkylation sites (tertiary alicyclic amines) is 1. The Morgan fingerprint density at radius 1 is 1.38 bits per heavy atom. The van der Waals surface area contributed by atoms with E-state index in [1.54, 1.807) is 6.20 Å².